The number of hydrogen-bond donors (Lipinski definition) is 1. The zero-order valence-corrected chi connectivity index (χ0v) is 11.8. The van der Waals surface area contributed by atoms with Crippen LogP contribution in [-0.2, 0) is 14.3 Å². The van der Waals surface area contributed by atoms with Gasteiger partial charge < -0.3 is 9.47 Å². The Balaban J connectivity index is 2.28. The molecule has 0 heterocycles. The van der Waals surface area contributed by atoms with Gasteiger partial charge in [-0.3, -0.25) is 4.79 Å². The molecule has 1 rings (SSSR count). The van der Waals surface area contributed by atoms with Crippen LogP contribution in [0.3, 0.4) is 0 Å². The first kappa shape index (κ1) is 15.6. The minimum Gasteiger partial charge on any atom is -0.465 e. The summed E-state index contributed by atoms with van der Waals surface area (Å²) in [6, 6.07) is 8.75. The van der Waals surface area contributed by atoms with Gasteiger partial charge in [-0.05, 0) is 12.1 Å². The first-order valence-electron chi connectivity index (χ1n) is 6.12. The van der Waals surface area contributed by atoms with Crippen LogP contribution in [0.15, 0.2) is 30.3 Å². The summed E-state index contributed by atoms with van der Waals surface area (Å²) in [4.78, 5) is 23.0. The highest BCUT2D eigenvalue weighted by atomic mass is 32.1. The van der Waals surface area contributed by atoms with E-state index in [9.17, 15) is 9.59 Å². The third-order valence-electron chi connectivity index (χ3n) is 2.38. The molecule has 1 atom stereocenters. The first-order chi connectivity index (χ1) is 9.13. The van der Waals surface area contributed by atoms with E-state index in [0.717, 1.165) is 0 Å². The third kappa shape index (κ3) is 6.29. The van der Waals surface area contributed by atoms with Gasteiger partial charge in [-0.25, -0.2) is 4.79 Å². The lowest BCUT2D eigenvalue weighted by Gasteiger charge is -2.11. The van der Waals surface area contributed by atoms with E-state index >= 15 is 0 Å². The number of hydrogen-bond acceptors (Lipinski definition) is 5. The van der Waals surface area contributed by atoms with Gasteiger partial charge in [0.1, 0.15) is 6.61 Å². The molecular formula is C14H18O4S. The predicted octanol–water partition coefficient (Wildman–Crippen LogP) is 2.34. The Morgan fingerprint density at radius 1 is 1.21 bits per heavy atom. The summed E-state index contributed by atoms with van der Waals surface area (Å²) in [5.74, 6) is -0.239. The quantitative estimate of drug-likeness (QED) is 0.616. The van der Waals surface area contributed by atoms with E-state index < -0.39 is 0 Å². The zero-order chi connectivity index (χ0) is 14.1. The first-order valence-corrected chi connectivity index (χ1v) is 6.75. The fourth-order valence-corrected chi connectivity index (χ4v) is 1.53. The van der Waals surface area contributed by atoms with Gasteiger partial charge in [0, 0.05) is 11.7 Å². The van der Waals surface area contributed by atoms with Gasteiger partial charge in [-0.15, -0.1) is 0 Å². The molecule has 0 amide bonds. The van der Waals surface area contributed by atoms with Crippen LogP contribution in [0.1, 0.15) is 23.7 Å². The van der Waals surface area contributed by atoms with Crippen molar-refractivity contribution in [1.82, 2.24) is 0 Å². The Kier molecular flexibility index (Phi) is 7.03. The molecular weight excluding hydrogens is 264 g/mol. The molecule has 0 fully saturated rings. The van der Waals surface area contributed by atoms with Crippen LogP contribution in [0.25, 0.3) is 0 Å². The maximum Gasteiger partial charge on any atom is 0.338 e. The van der Waals surface area contributed by atoms with Crippen LogP contribution in [0.2, 0.25) is 0 Å². The topological polar surface area (TPSA) is 52.6 Å². The molecule has 0 saturated carbocycles. The number of esters is 2. The molecule has 104 valence electrons. The second kappa shape index (κ2) is 8.58. The van der Waals surface area contributed by atoms with Crippen molar-refractivity contribution < 1.29 is 19.1 Å². The van der Waals surface area contributed by atoms with Crippen LogP contribution in [0.5, 0.6) is 0 Å². The summed E-state index contributed by atoms with van der Waals surface area (Å²) in [5, 5.41) is 0. The monoisotopic (exact) mass is 282 g/mol. The second-order valence-corrected chi connectivity index (χ2v) is 4.67. The Hall–Kier alpha value is -1.49. The Bertz CT molecular complexity index is 405. The summed E-state index contributed by atoms with van der Waals surface area (Å²) >= 11 is 3.95. The molecule has 1 aromatic carbocycles. The molecule has 0 aromatic heterocycles. The molecule has 19 heavy (non-hydrogen) atoms. The summed E-state index contributed by atoms with van der Waals surface area (Å²) in [6.07, 6.45) is 0.232. The van der Waals surface area contributed by atoms with Crippen LogP contribution in [-0.4, -0.2) is 30.9 Å². The minimum absolute atomic E-state index is 0.0694. The van der Waals surface area contributed by atoms with Crippen LogP contribution >= 0.6 is 12.6 Å². The van der Waals surface area contributed by atoms with Gasteiger partial charge in [0.15, 0.2) is 0 Å². The lowest BCUT2D eigenvalue weighted by atomic mass is 10.1. The molecule has 0 radical (unpaired) electrons. The maximum atomic E-state index is 11.7. The predicted molar refractivity (Wildman–Crippen MR) is 75.3 cm³/mol. The van der Waals surface area contributed by atoms with Gasteiger partial charge in [0.05, 0.1) is 18.6 Å². The van der Waals surface area contributed by atoms with Crippen molar-refractivity contribution in [2.75, 3.05) is 19.0 Å². The highest BCUT2D eigenvalue weighted by Gasteiger charge is 2.13. The Labute approximate surface area is 118 Å². The Morgan fingerprint density at radius 2 is 1.89 bits per heavy atom. The van der Waals surface area contributed by atoms with Gasteiger partial charge in [-0.1, -0.05) is 25.1 Å². The Morgan fingerprint density at radius 3 is 2.53 bits per heavy atom. The van der Waals surface area contributed by atoms with Crippen molar-refractivity contribution in [3.63, 3.8) is 0 Å². The van der Waals surface area contributed by atoms with Crippen molar-refractivity contribution in [2.45, 2.75) is 13.3 Å². The average molecular weight is 282 g/mol. The number of ether oxygens (including phenoxy) is 2. The van der Waals surface area contributed by atoms with Crippen molar-refractivity contribution in [1.29, 1.82) is 0 Å². The summed E-state index contributed by atoms with van der Waals surface area (Å²) < 4.78 is 10.0. The molecule has 0 bridgehead atoms. The largest absolute Gasteiger partial charge is 0.465 e. The van der Waals surface area contributed by atoms with Gasteiger partial charge in [0.2, 0.25) is 0 Å². The van der Waals surface area contributed by atoms with E-state index in [0.29, 0.717) is 17.9 Å². The molecule has 0 aliphatic heterocycles. The van der Waals surface area contributed by atoms with E-state index in [4.69, 9.17) is 9.47 Å². The van der Waals surface area contributed by atoms with Crippen molar-refractivity contribution in [3.05, 3.63) is 35.9 Å². The highest BCUT2D eigenvalue weighted by Crippen LogP contribution is 2.07. The lowest BCUT2D eigenvalue weighted by Crippen LogP contribution is -2.17. The lowest BCUT2D eigenvalue weighted by molar-refractivity contribution is -0.144. The highest BCUT2D eigenvalue weighted by molar-refractivity contribution is 7.80. The van der Waals surface area contributed by atoms with E-state index in [-0.39, 0.29) is 30.9 Å². The van der Waals surface area contributed by atoms with E-state index in [1.54, 1.807) is 24.3 Å². The number of carbonyl (C=O) groups excluding carboxylic acids is 2. The zero-order valence-electron chi connectivity index (χ0n) is 10.9. The molecule has 1 aromatic rings. The van der Waals surface area contributed by atoms with Crippen molar-refractivity contribution in [2.24, 2.45) is 5.92 Å². The van der Waals surface area contributed by atoms with Gasteiger partial charge >= 0.3 is 11.9 Å². The standard InChI is InChI=1S/C14H18O4S/c1-11(9-13(15)17-7-8-19)10-18-14(16)12-5-3-2-4-6-12/h2-6,11,19H,7-10H2,1H3/t11-/m1/s1. The summed E-state index contributed by atoms with van der Waals surface area (Å²) in [6.45, 7) is 2.34. The van der Waals surface area contributed by atoms with Crippen molar-refractivity contribution in [3.8, 4) is 0 Å². The van der Waals surface area contributed by atoms with Crippen molar-refractivity contribution >= 4 is 24.6 Å². The molecule has 0 unspecified atom stereocenters. The molecule has 0 aliphatic rings. The molecule has 4 nitrogen and oxygen atoms in total. The molecule has 0 N–H and O–H groups in total. The average Bonchev–Trinajstić information content (AvgIpc) is 2.43. The number of rotatable bonds is 7. The molecule has 0 saturated heterocycles. The number of benzene rings is 1. The third-order valence-corrected chi connectivity index (χ3v) is 2.56. The second-order valence-electron chi connectivity index (χ2n) is 4.22. The normalized spacial score (nSPS) is 11.7. The number of thiol groups is 1. The van der Waals surface area contributed by atoms with E-state index in [1.165, 1.54) is 0 Å². The summed E-state index contributed by atoms with van der Waals surface area (Å²) in [7, 11) is 0. The SMILES string of the molecule is C[C@@H](COC(=O)c1ccccc1)CC(=O)OCCS. The fraction of sp³-hybridized carbons (Fsp3) is 0.429. The van der Waals surface area contributed by atoms with Crippen LogP contribution < -0.4 is 0 Å². The minimum atomic E-state index is -0.379. The van der Waals surface area contributed by atoms with Crippen LogP contribution in [0.4, 0.5) is 0 Å². The molecule has 5 heteroatoms. The van der Waals surface area contributed by atoms with E-state index in [2.05, 4.69) is 12.6 Å². The van der Waals surface area contributed by atoms with Gasteiger partial charge in [0.25, 0.3) is 0 Å². The fourth-order valence-electron chi connectivity index (χ4n) is 1.44. The smallest absolute Gasteiger partial charge is 0.338 e. The number of carbonyl (C=O) groups is 2. The molecule has 0 spiro atoms. The van der Waals surface area contributed by atoms with E-state index in [1.807, 2.05) is 13.0 Å². The van der Waals surface area contributed by atoms with Gasteiger partial charge in [-0.2, -0.15) is 12.6 Å². The molecule has 0 aliphatic carbocycles. The maximum absolute atomic E-state index is 11.7. The van der Waals surface area contributed by atoms with Crippen LogP contribution in [0, 0.1) is 5.92 Å². The summed E-state index contributed by atoms with van der Waals surface area (Å²) in [5.41, 5.74) is 0.507.